The van der Waals surface area contributed by atoms with Crippen LogP contribution in [0, 0.1) is 11.8 Å². The number of imide groups is 1. The first-order valence-corrected chi connectivity index (χ1v) is 12.7. The highest BCUT2D eigenvalue weighted by molar-refractivity contribution is 5.94. The molecule has 8 nitrogen and oxygen atoms in total. The minimum Gasteiger partial charge on any atom is -0.480 e. The summed E-state index contributed by atoms with van der Waals surface area (Å²) in [6.07, 6.45) is 5.60. The Labute approximate surface area is 199 Å². The maximum atomic E-state index is 12.5. The topological polar surface area (TPSA) is 89.8 Å². The van der Waals surface area contributed by atoms with E-state index in [1.807, 2.05) is 27.7 Å². The molecule has 0 radical (unpaired) electrons. The van der Waals surface area contributed by atoms with Gasteiger partial charge in [0.25, 0.3) is 0 Å². The molecule has 2 aliphatic rings. The third-order valence-corrected chi connectivity index (χ3v) is 6.12. The highest BCUT2D eigenvalue weighted by atomic mass is 16.6. The van der Waals surface area contributed by atoms with Gasteiger partial charge < -0.3 is 14.2 Å². The molecule has 0 aromatic rings. The van der Waals surface area contributed by atoms with E-state index < -0.39 is 6.09 Å². The van der Waals surface area contributed by atoms with E-state index in [4.69, 9.17) is 24.2 Å². The lowest BCUT2D eigenvalue weighted by atomic mass is 10.0. The predicted octanol–water partition coefficient (Wildman–Crippen LogP) is 5.00. The van der Waals surface area contributed by atoms with E-state index in [0.717, 1.165) is 50.3 Å². The van der Waals surface area contributed by atoms with Gasteiger partial charge in [0.1, 0.15) is 18.7 Å². The lowest BCUT2D eigenvalue weighted by Gasteiger charge is -2.28. The number of hydrogen-bond acceptors (Lipinski definition) is 7. The van der Waals surface area contributed by atoms with Crippen LogP contribution in [-0.4, -0.2) is 66.6 Å². The molecule has 0 aromatic carbocycles. The molecule has 8 heteroatoms. The summed E-state index contributed by atoms with van der Waals surface area (Å²) < 4.78 is 16.7. The normalized spacial score (nSPS) is 23.0. The number of carbonyl (C=O) groups is 2. The number of cyclic esters (lactones) is 1. The van der Waals surface area contributed by atoms with Gasteiger partial charge in [-0.1, -0.05) is 53.4 Å². The van der Waals surface area contributed by atoms with Crippen molar-refractivity contribution in [1.29, 1.82) is 0 Å². The molecule has 33 heavy (non-hydrogen) atoms. The molecule has 2 rings (SSSR count). The van der Waals surface area contributed by atoms with Crippen molar-refractivity contribution in [1.82, 2.24) is 4.90 Å². The first-order valence-electron chi connectivity index (χ1n) is 12.7. The summed E-state index contributed by atoms with van der Waals surface area (Å²) in [4.78, 5) is 35.4. The molecule has 0 saturated carbocycles. The number of hydrogen-bond donors (Lipinski definition) is 0. The number of unbranched alkanes of at least 4 members (excludes halogenated alkanes) is 4. The van der Waals surface area contributed by atoms with Crippen molar-refractivity contribution in [2.24, 2.45) is 21.8 Å². The van der Waals surface area contributed by atoms with Crippen molar-refractivity contribution in [2.45, 2.75) is 105 Å². The average Bonchev–Trinajstić information content (AvgIpc) is 3.16. The molecular weight excluding hydrogens is 422 g/mol. The number of aliphatic imine (C=N–C) groups is 2. The van der Waals surface area contributed by atoms with Crippen molar-refractivity contribution < 1.29 is 23.8 Å². The Morgan fingerprint density at radius 2 is 1.61 bits per heavy atom. The molecule has 0 bridgehead atoms. The van der Waals surface area contributed by atoms with Gasteiger partial charge in [-0.2, -0.15) is 0 Å². The highest BCUT2D eigenvalue weighted by Gasteiger charge is 2.39. The van der Waals surface area contributed by atoms with E-state index in [9.17, 15) is 9.59 Å². The van der Waals surface area contributed by atoms with Crippen LogP contribution in [0.25, 0.3) is 0 Å². The smallest absolute Gasteiger partial charge is 0.416 e. The molecule has 0 unspecified atom stereocenters. The molecule has 0 aliphatic carbocycles. The fourth-order valence-corrected chi connectivity index (χ4v) is 4.22. The van der Waals surface area contributed by atoms with Crippen LogP contribution in [0.5, 0.6) is 0 Å². The average molecular weight is 466 g/mol. The van der Waals surface area contributed by atoms with E-state index >= 15 is 0 Å². The van der Waals surface area contributed by atoms with Crippen LogP contribution < -0.4 is 0 Å². The van der Waals surface area contributed by atoms with Crippen LogP contribution in [-0.2, 0) is 19.0 Å². The van der Waals surface area contributed by atoms with E-state index in [2.05, 4.69) is 13.8 Å². The second kappa shape index (κ2) is 13.6. The Bertz CT molecular complexity index is 704. The summed E-state index contributed by atoms with van der Waals surface area (Å²) >= 11 is 0. The van der Waals surface area contributed by atoms with Gasteiger partial charge in [-0.3, -0.25) is 4.79 Å². The van der Waals surface area contributed by atoms with Gasteiger partial charge in [0.2, 0.25) is 17.7 Å². The van der Waals surface area contributed by atoms with Gasteiger partial charge in [0.15, 0.2) is 0 Å². The predicted molar refractivity (Wildman–Crippen MR) is 130 cm³/mol. The van der Waals surface area contributed by atoms with Crippen LogP contribution in [0.1, 0.15) is 86.5 Å². The molecule has 2 heterocycles. The number of carbonyl (C=O) groups excluding carboxylic acids is 2. The molecule has 2 aliphatic heterocycles. The van der Waals surface area contributed by atoms with Crippen LogP contribution in [0.2, 0.25) is 0 Å². The van der Waals surface area contributed by atoms with E-state index in [-0.39, 0.29) is 30.0 Å². The zero-order valence-corrected chi connectivity index (χ0v) is 21.3. The standard InChI is InChI=1S/C25H43N3O5/c1-7-31-23-19(26-24(32-8-2)22(27-23)18(5)6)14-12-10-9-11-13-15-21(29)28-20(17(3)4)16-33-25(28)30/h17-20,22H,7-16H2,1-6H3/t19-,20-,22+/m1/s1. The number of amides is 2. The van der Waals surface area contributed by atoms with Crippen LogP contribution in [0.3, 0.4) is 0 Å². The van der Waals surface area contributed by atoms with Gasteiger partial charge in [-0.25, -0.2) is 19.7 Å². The van der Waals surface area contributed by atoms with Crippen molar-refractivity contribution in [3.63, 3.8) is 0 Å². The highest BCUT2D eigenvalue weighted by Crippen LogP contribution is 2.23. The van der Waals surface area contributed by atoms with Gasteiger partial charge in [-0.15, -0.1) is 0 Å². The molecule has 0 N–H and O–H groups in total. The second-order valence-electron chi connectivity index (χ2n) is 9.46. The Morgan fingerprint density at radius 1 is 0.970 bits per heavy atom. The van der Waals surface area contributed by atoms with E-state index in [1.54, 1.807) is 0 Å². The molecule has 0 spiro atoms. The SMILES string of the molecule is CCOC1=N[C@H](CCCCCCCC(=O)N2C(=O)OC[C@@H]2C(C)C)C(OCC)=N[C@H]1C(C)C. The second-order valence-corrected chi connectivity index (χ2v) is 9.46. The van der Waals surface area contributed by atoms with E-state index in [1.165, 1.54) is 4.90 Å². The zero-order chi connectivity index (χ0) is 24.4. The summed E-state index contributed by atoms with van der Waals surface area (Å²) in [7, 11) is 0. The third-order valence-electron chi connectivity index (χ3n) is 6.12. The lowest BCUT2D eigenvalue weighted by Crippen LogP contribution is -2.41. The molecule has 3 atom stereocenters. The number of nitrogens with zero attached hydrogens (tertiary/aromatic N) is 3. The Hall–Kier alpha value is -2.12. The van der Waals surface area contributed by atoms with Crippen LogP contribution in [0.15, 0.2) is 9.98 Å². The monoisotopic (exact) mass is 465 g/mol. The van der Waals surface area contributed by atoms with Crippen LogP contribution >= 0.6 is 0 Å². The fourth-order valence-electron chi connectivity index (χ4n) is 4.22. The molecule has 1 fully saturated rings. The molecular formula is C25H43N3O5. The van der Waals surface area contributed by atoms with Crippen molar-refractivity contribution in [3.05, 3.63) is 0 Å². The summed E-state index contributed by atoms with van der Waals surface area (Å²) in [6, 6.07) is -0.306. The maximum Gasteiger partial charge on any atom is 0.416 e. The lowest BCUT2D eigenvalue weighted by molar-refractivity contribution is -0.129. The Kier molecular flexibility index (Phi) is 11.1. The van der Waals surface area contributed by atoms with Gasteiger partial charge in [-0.05, 0) is 38.5 Å². The molecule has 188 valence electrons. The van der Waals surface area contributed by atoms with Crippen molar-refractivity contribution in [3.8, 4) is 0 Å². The molecule has 2 amide bonds. The molecule has 0 aromatic heterocycles. The van der Waals surface area contributed by atoms with E-state index in [0.29, 0.717) is 32.2 Å². The summed E-state index contributed by atoms with van der Waals surface area (Å²) in [5.41, 5.74) is 0. The minimum absolute atomic E-state index is 0.0801. The Morgan fingerprint density at radius 3 is 2.24 bits per heavy atom. The maximum absolute atomic E-state index is 12.5. The largest absolute Gasteiger partial charge is 0.480 e. The van der Waals surface area contributed by atoms with Crippen LogP contribution in [0.4, 0.5) is 4.79 Å². The number of rotatable bonds is 12. The zero-order valence-electron chi connectivity index (χ0n) is 21.3. The summed E-state index contributed by atoms with van der Waals surface area (Å²) in [6.45, 7) is 13.7. The Balaban J connectivity index is 1.74. The quantitative estimate of drug-likeness (QED) is 0.379. The van der Waals surface area contributed by atoms with Gasteiger partial charge in [0.05, 0.1) is 19.3 Å². The fraction of sp³-hybridized carbons (Fsp3) is 0.840. The van der Waals surface area contributed by atoms with Crippen molar-refractivity contribution in [2.75, 3.05) is 19.8 Å². The first-order chi connectivity index (χ1) is 15.8. The summed E-state index contributed by atoms with van der Waals surface area (Å²) in [5, 5.41) is 0. The van der Waals surface area contributed by atoms with Gasteiger partial charge >= 0.3 is 6.09 Å². The third kappa shape index (κ3) is 7.71. The number of ether oxygens (including phenoxy) is 3. The molecule has 1 saturated heterocycles. The van der Waals surface area contributed by atoms with Gasteiger partial charge in [0, 0.05) is 6.42 Å². The van der Waals surface area contributed by atoms with Crippen molar-refractivity contribution >= 4 is 23.8 Å². The summed E-state index contributed by atoms with van der Waals surface area (Å²) in [5.74, 6) is 1.83. The first kappa shape index (κ1) is 27.1. The minimum atomic E-state index is -0.496.